The van der Waals surface area contributed by atoms with Gasteiger partial charge >= 0.3 is 11.9 Å². The number of carbonyl (C=O) groups excluding carboxylic acids is 1. The van der Waals surface area contributed by atoms with Crippen molar-refractivity contribution in [3.8, 4) is 11.5 Å². The first kappa shape index (κ1) is 18.1. The molecule has 5 nitrogen and oxygen atoms in total. The standard InChI is InChI=1S/C12H13Br2F2NO4/c1-3-21-11(19)12(15,16)10(17)5-4-6(20-2)9(18)8(14)7(5)13/h4,10,18H,3,17H2,1-2H3/t10-/m1/s1. The third-order valence-electron chi connectivity index (χ3n) is 2.67. The molecule has 0 spiro atoms. The van der Waals surface area contributed by atoms with Gasteiger partial charge in [-0.3, -0.25) is 0 Å². The lowest BCUT2D eigenvalue weighted by Crippen LogP contribution is -2.42. The van der Waals surface area contributed by atoms with E-state index in [-0.39, 0.29) is 32.6 Å². The highest BCUT2D eigenvalue weighted by molar-refractivity contribution is 9.13. The van der Waals surface area contributed by atoms with Crippen molar-refractivity contribution in [2.24, 2.45) is 5.73 Å². The SMILES string of the molecule is CCOC(=O)C(F)(F)[C@H](N)c1cc(OC)c(O)c(Br)c1Br. The Bertz CT molecular complexity index is 555. The van der Waals surface area contributed by atoms with E-state index in [1.165, 1.54) is 14.0 Å². The predicted octanol–water partition coefficient (Wildman–Crippen LogP) is 3.12. The fourth-order valence-electron chi connectivity index (χ4n) is 1.54. The Labute approximate surface area is 136 Å². The summed E-state index contributed by atoms with van der Waals surface area (Å²) in [7, 11) is 1.26. The molecule has 1 aromatic rings. The number of hydrogen-bond acceptors (Lipinski definition) is 5. The van der Waals surface area contributed by atoms with Gasteiger partial charge in [0.25, 0.3) is 0 Å². The minimum Gasteiger partial charge on any atom is -0.503 e. The molecule has 21 heavy (non-hydrogen) atoms. The molecular weight excluding hydrogens is 420 g/mol. The Morgan fingerprint density at radius 2 is 2.05 bits per heavy atom. The van der Waals surface area contributed by atoms with E-state index < -0.39 is 17.9 Å². The van der Waals surface area contributed by atoms with E-state index in [4.69, 9.17) is 10.5 Å². The van der Waals surface area contributed by atoms with Crippen LogP contribution in [-0.2, 0) is 9.53 Å². The van der Waals surface area contributed by atoms with Crippen molar-refractivity contribution in [3.63, 3.8) is 0 Å². The molecule has 0 unspecified atom stereocenters. The fourth-order valence-corrected chi connectivity index (χ4v) is 2.52. The number of rotatable bonds is 5. The van der Waals surface area contributed by atoms with Crippen molar-refractivity contribution in [2.75, 3.05) is 13.7 Å². The number of aromatic hydroxyl groups is 1. The summed E-state index contributed by atoms with van der Waals surface area (Å²) in [6.07, 6.45) is 0. The van der Waals surface area contributed by atoms with Crippen LogP contribution in [0.4, 0.5) is 8.78 Å². The molecule has 0 aliphatic carbocycles. The number of ether oxygens (including phenoxy) is 2. The van der Waals surface area contributed by atoms with Crippen LogP contribution in [0.1, 0.15) is 18.5 Å². The van der Waals surface area contributed by atoms with E-state index in [0.717, 1.165) is 6.07 Å². The van der Waals surface area contributed by atoms with Gasteiger partial charge in [0, 0.05) is 4.47 Å². The normalized spacial score (nSPS) is 12.9. The van der Waals surface area contributed by atoms with Crippen LogP contribution in [0.15, 0.2) is 15.0 Å². The third kappa shape index (κ3) is 3.46. The summed E-state index contributed by atoms with van der Waals surface area (Å²) >= 11 is 6.08. The molecule has 1 rings (SSSR count). The highest BCUT2D eigenvalue weighted by atomic mass is 79.9. The maximum atomic E-state index is 14.0. The van der Waals surface area contributed by atoms with Crippen molar-refractivity contribution in [2.45, 2.75) is 18.9 Å². The molecule has 0 amide bonds. The molecular formula is C12H13Br2F2NO4. The Balaban J connectivity index is 3.33. The van der Waals surface area contributed by atoms with E-state index in [1.807, 2.05) is 0 Å². The molecule has 9 heteroatoms. The van der Waals surface area contributed by atoms with Gasteiger partial charge in [0.05, 0.1) is 18.2 Å². The smallest absolute Gasteiger partial charge is 0.379 e. The molecule has 0 aliphatic heterocycles. The average Bonchev–Trinajstić information content (AvgIpc) is 2.44. The first-order valence-electron chi connectivity index (χ1n) is 5.73. The van der Waals surface area contributed by atoms with Gasteiger partial charge in [0.15, 0.2) is 11.5 Å². The molecule has 0 saturated heterocycles. The molecule has 0 saturated carbocycles. The van der Waals surface area contributed by atoms with E-state index >= 15 is 0 Å². The summed E-state index contributed by atoms with van der Waals surface area (Å²) in [6.45, 7) is 1.22. The van der Waals surface area contributed by atoms with Gasteiger partial charge in [-0.1, -0.05) is 0 Å². The fraction of sp³-hybridized carbons (Fsp3) is 0.417. The summed E-state index contributed by atoms with van der Waals surface area (Å²) in [5.74, 6) is -5.98. The zero-order chi connectivity index (χ0) is 16.4. The third-order valence-corrected chi connectivity index (χ3v) is 4.83. The van der Waals surface area contributed by atoms with Crippen molar-refractivity contribution in [3.05, 3.63) is 20.6 Å². The van der Waals surface area contributed by atoms with E-state index in [1.54, 1.807) is 0 Å². The number of halogens is 4. The number of nitrogens with two attached hydrogens (primary N) is 1. The van der Waals surface area contributed by atoms with Crippen LogP contribution in [0.5, 0.6) is 11.5 Å². The predicted molar refractivity (Wildman–Crippen MR) is 78.6 cm³/mol. The topological polar surface area (TPSA) is 81.8 Å². The van der Waals surface area contributed by atoms with Gasteiger partial charge in [-0.15, -0.1) is 0 Å². The van der Waals surface area contributed by atoms with Crippen LogP contribution in [0.25, 0.3) is 0 Å². The molecule has 0 aliphatic rings. The number of hydrogen-bond donors (Lipinski definition) is 2. The number of benzene rings is 1. The van der Waals surface area contributed by atoms with Gasteiger partial charge in [-0.2, -0.15) is 8.78 Å². The lowest BCUT2D eigenvalue weighted by atomic mass is 10.0. The van der Waals surface area contributed by atoms with Crippen LogP contribution in [0.2, 0.25) is 0 Å². The zero-order valence-corrected chi connectivity index (χ0v) is 14.3. The van der Waals surface area contributed by atoms with Gasteiger partial charge in [-0.05, 0) is 50.4 Å². The molecule has 1 aromatic carbocycles. The number of methoxy groups -OCH3 is 1. The Hall–Kier alpha value is -0.930. The molecule has 1 atom stereocenters. The second-order valence-corrected chi connectivity index (χ2v) is 5.55. The summed E-state index contributed by atoms with van der Waals surface area (Å²) in [4.78, 5) is 11.3. The zero-order valence-electron chi connectivity index (χ0n) is 11.1. The maximum Gasteiger partial charge on any atom is 0.379 e. The van der Waals surface area contributed by atoms with Crippen LogP contribution < -0.4 is 10.5 Å². The van der Waals surface area contributed by atoms with Gasteiger partial charge in [0.2, 0.25) is 0 Å². The molecule has 0 aromatic heterocycles. The Morgan fingerprint density at radius 1 is 1.48 bits per heavy atom. The van der Waals surface area contributed by atoms with Crippen LogP contribution in [0, 0.1) is 0 Å². The monoisotopic (exact) mass is 431 g/mol. The Morgan fingerprint density at radius 3 is 2.52 bits per heavy atom. The minimum absolute atomic E-state index is 0.0600. The van der Waals surface area contributed by atoms with E-state index in [9.17, 15) is 18.7 Å². The molecule has 0 fully saturated rings. The Kier molecular flexibility index (Phi) is 5.94. The van der Waals surface area contributed by atoms with E-state index in [0.29, 0.717) is 0 Å². The van der Waals surface area contributed by atoms with Crippen LogP contribution in [0.3, 0.4) is 0 Å². The number of esters is 1. The molecule has 3 N–H and O–H groups in total. The minimum atomic E-state index is -3.93. The average molecular weight is 433 g/mol. The quantitative estimate of drug-likeness (QED) is 0.698. The second kappa shape index (κ2) is 6.89. The van der Waals surface area contributed by atoms with Gasteiger partial charge in [-0.25, -0.2) is 4.79 Å². The molecule has 0 bridgehead atoms. The summed E-state index contributed by atoms with van der Waals surface area (Å²) in [6, 6.07) is -0.848. The van der Waals surface area contributed by atoms with Crippen LogP contribution in [-0.4, -0.2) is 30.7 Å². The van der Waals surface area contributed by atoms with Crippen molar-refractivity contribution in [1.29, 1.82) is 0 Å². The summed E-state index contributed by atoms with van der Waals surface area (Å²) in [5, 5.41) is 9.76. The molecule has 0 radical (unpaired) electrons. The number of phenolic OH excluding ortho intramolecular Hbond substituents is 1. The highest BCUT2D eigenvalue weighted by Gasteiger charge is 2.48. The number of phenols is 1. The highest BCUT2D eigenvalue weighted by Crippen LogP contribution is 2.45. The van der Waals surface area contributed by atoms with Crippen LogP contribution >= 0.6 is 31.9 Å². The van der Waals surface area contributed by atoms with Gasteiger partial charge < -0.3 is 20.3 Å². The lowest BCUT2D eigenvalue weighted by Gasteiger charge is -2.24. The number of alkyl halides is 2. The first-order chi connectivity index (χ1) is 9.68. The summed E-state index contributed by atoms with van der Waals surface area (Å²) < 4.78 is 37.4. The van der Waals surface area contributed by atoms with Crippen molar-refractivity contribution < 1.29 is 28.2 Å². The maximum absolute atomic E-state index is 14.0. The molecule has 118 valence electrons. The van der Waals surface area contributed by atoms with Crippen molar-refractivity contribution in [1.82, 2.24) is 0 Å². The van der Waals surface area contributed by atoms with Crippen molar-refractivity contribution >= 4 is 37.8 Å². The van der Waals surface area contributed by atoms with E-state index in [2.05, 4.69) is 36.6 Å². The second-order valence-electron chi connectivity index (χ2n) is 3.97. The first-order valence-corrected chi connectivity index (χ1v) is 7.32. The molecule has 0 heterocycles. The largest absolute Gasteiger partial charge is 0.503 e. The lowest BCUT2D eigenvalue weighted by molar-refractivity contribution is -0.174. The number of carbonyl (C=O) groups is 1. The van der Waals surface area contributed by atoms with Gasteiger partial charge in [0.1, 0.15) is 6.04 Å². The summed E-state index contributed by atoms with van der Waals surface area (Å²) in [5.41, 5.74) is 5.39.